The number of aliphatic imine (C=N–C) groups is 1. The number of rotatable bonds is 6. The van der Waals surface area contributed by atoms with Crippen LogP contribution in [0, 0.1) is 0 Å². The van der Waals surface area contributed by atoms with Crippen LogP contribution < -0.4 is 10.6 Å². The van der Waals surface area contributed by atoms with Gasteiger partial charge in [-0.3, -0.25) is 9.59 Å². The van der Waals surface area contributed by atoms with Crippen molar-refractivity contribution in [2.45, 2.75) is 38.3 Å². The number of nitrogens with zero attached hydrogens (tertiary/aromatic N) is 3. The maximum Gasteiger partial charge on any atom is 0.253 e. The number of carbonyl (C=O) groups excluding carboxylic acids is 2. The molecule has 1 aromatic rings. The van der Waals surface area contributed by atoms with Crippen LogP contribution in [0.1, 0.15) is 41.6 Å². The highest BCUT2D eigenvalue weighted by atomic mass is 127. The Morgan fingerprint density at radius 1 is 1.04 bits per heavy atom. The molecule has 156 valence electrons. The van der Waals surface area contributed by atoms with Crippen LogP contribution in [0.5, 0.6) is 0 Å². The highest BCUT2D eigenvalue weighted by molar-refractivity contribution is 14.0. The maximum atomic E-state index is 12.0. The third-order valence-corrected chi connectivity index (χ3v) is 4.63. The first kappa shape index (κ1) is 24.2. The van der Waals surface area contributed by atoms with E-state index < -0.39 is 0 Å². The minimum absolute atomic E-state index is 0. The molecular formula is C20H32IN5O2. The smallest absolute Gasteiger partial charge is 0.253 e. The van der Waals surface area contributed by atoms with E-state index in [1.807, 2.05) is 24.3 Å². The van der Waals surface area contributed by atoms with Crippen molar-refractivity contribution < 1.29 is 9.59 Å². The predicted octanol–water partition coefficient (Wildman–Crippen LogP) is 2.07. The number of likely N-dealkylation sites (N-methyl/N-ethyl adjacent to an activating group) is 1. The number of amides is 2. The summed E-state index contributed by atoms with van der Waals surface area (Å²) in [5.74, 6) is 0.644. The van der Waals surface area contributed by atoms with Gasteiger partial charge in [-0.05, 0) is 30.5 Å². The lowest BCUT2D eigenvalue weighted by atomic mass is 10.1. The van der Waals surface area contributed by atoms with E-state index in [0.717, 1.165) is 18.4 Å². The maximum absolute atomic E-state index is 12.0. The molecule has 0 aromatic heterocycles. The minimum Gasteiger partial charge on any atom is -0.354 e. The first-order valence-electron chi connectivity index (χ1n) is 9.42. The number of hydrogen-bond acceptors (Lipinski definition) is 3. The van der Waals surface area contributed by atoms with E-state index in [0.29, 0.717) is 24.1 Å². The van der Waals surface area contributed by atoms with Crippen molar-refractivity contribution in [3.63, 3.8) is 0 Å². The lowest BCUT2D eigenvalue weighted by molar-refractivity contribution is -0.127. The van der Waals surface area contributed by atoms with Gasteiger partial charge in [-0.2, -0.15) is 0 Å². The second kappa shape index (κ2) is 11.9. The fraction of sp³-hybridized carbons (Fsp3) is 0.550. The van der Waals surface area contributed by atoms with Crippen LogP contribution in [0.3, 0.4) is 0 Å². The molecule has 7 nitrogen and oxygen atoms in total. The number of benzene rings is 1. The molecule has 1 aliphatic carbocycles. The van der Waals surface area contributed by atoms with E-state index in [-0.39, 0.29) is 42.3 Å². The van der Waals surface area contributed by atoms with Gasteiger partial charge in [-0.15, -0.1) is 24.0 Å². The van der Waals surface area contributed by atoms with Crippen LogP contribution in [0.2, 0.25) is 0 Å². The summed E-state index contributed by atoms with van der Waals surface area (Å²) < 4.78 is 0. The summed E-state index contributed by atoms with van der Waals surface area (Å²) >= 11 is 0. The molecule has 0 bridgehead atoms. The van der Waals surface area contributed by atoms with Crippen LogP contribution in [0.25, 0.3) is 0 Å². The van der Waals surface area contributed by atoms with E-state index in [2.05, 4.69) is 15.6 Å². The van der Waals surface area contributed by atoms with Crippen molar-refractivity contribution in [1.29, 1.82) is 0 Å². The Morgan fingerprint density at radius 2 is 1.64 bits per heavy atom. The second-order valence-electron chi connectivity index (χ2n) is 7.33. The molecule has 0 radical (unpaired) electrons. The molecule has 28 heavy (non-hydrogen) atoms. The number of hydrogen-bond donors (Lipinski definition) is 2. The van der Waals surface area contributed by atoms with Crippen LogP contribution in [-0.2, 0) is 11.3 Å². The summed E-state index contributed by atoms with van der Waals surface area (Å²) in [6.07, 6.45) is 4.71. The molecule has 1 aliphatic rings. The molecule has 0 unspecified atom stereocenters. The first-order chi connectivity index (χ1) is 12.9. The minimum atomic E-state index is -0.0162. The van der Waals surface area contributed by atoms with Gasteiger partial charge in [-0.25, -0.2) is 4.99 Å². The normalized spacial score (nSPS) is 14.2. The lowest BCUT2D eigenvalue weighted by Gasteiger charge is -2.18. The molecule has 0 saturated heterocycles. The van der Waals surface area contributed by atoms with Gasteiger partial charge in [0.1, 0.15) is 0 Å². The van der Waals surface area contributed by atoms with Gasteiger partial charge < -0.3 is 20.4 Å². The molecule has 2 rings (SSSR count). The van der Waals surface area contributed by atoms with Crippen LogP contribution >= 0.6 is 24.0 Å². The second-order valence-corrected chi connectivity index (χ2v) is 7.33. The standard InChI is InChI=1S/C20H31N5O2.HI/c1-24(2)18(26)14-22-20(23-17-7-5-6-8-17)21-13-15-9-11-16(12-10-15)19(27)25(3)4;/h9-12,17H,5-8,13-14H2,1-4H3,(H2,21,22,23);1H. The zero-order chi connectivity index (χ0) is 19.8. The van der Waals surface area contributed by atoms with E-state index in [1.54, 1.807) is 38.0 Å². The monoisotopic (exact) mass is 501 g/mol. The van der Waals surface area contributed by atoms with E-state index in [1.165, 1.54) is 12.8 Å². The van der Waals surface area contributed by atoms with Crippen LogP contribution in [0.4, 0.5) is 0 Å². The summed E-state index contributed by atoms with van der Waals surface area (Å²) in [6, 6.07) is 7.88. The molecule has 1 fully saturated rings. The molecule has 2 amide bonds. The van der Waals surface area contributed by atoms with Crippen molar-refractivity contribution in [3.05, 3.63) is 35.4 Å². The number of halogens is 1. The Morgan fingerprint density at radius 3 is 2.18 bits per heavy atom. The third kappa shape index (κ3) is 7.65. The van der Waals surface area contributed by atoms with E-state index in [4.69, 9.17) is 0 Å². The van der Waals surface area contributed by atoms with Gasteiger partial charge in [0.15, 0.2) is 5.96 Å². The molecule has 0 aliphatic heterocycles. The average molecular weight is 501 g/mol. The Labute approximate surface area is 185 Å². The molecule has 2 N–H and O–H groups in total. The third-order valence-electron chi connectivity index (χ3n) is 4.63. The zero-order valence-electron chi connectivity index (χ0n) is 17.2. The molecule has 0 spiro atoms. The van der Waals surface area contributed by atoms with Gasteiger partial charge in [0, 0.05) is 39.8 Å². The number of guanidine groups is 1. The quantitative estimate of drug-likeness (QED) is 0.356. The van der Waals surface area contributed by atoms with E-state index in [9.17, 15) is 9.59 Å². The molecule has 0 atom stereocenters. The molecule has 1 saturated carbocycles. The Kier molecular flexibility index (Phi) is 10.3. The van der Waals surface area contributed by atoms with Gasteiger partial charge in [0.2, 0.25) is 5.91 Å². The molecule has 1 aromatic carbocycles. The van der Waals surface area contributed by atoms with Crippen molar-refractivity contribution in [1.82, 2.24) is 20.4 Å². The van der Waals surface area contributed by atoms with Crippen molar-refractivity contribution in [2.75, 3.05) is 34.7 Å². The summed E-state index contributed by atoms with van der Waals surface area (Å²) in [4.78, 5) is 31.6. The molecule has 0 heterocycles. The van der Waals surface area contributed by atoms with E-state index >= 15 is 0 Å². The Balaban J connectivity index is 0.00000392. The fourth-order valence-electron chi connectivity index (χ4n) is 2.91. The largest absolute Gasteiger partial charge is 0.354 e. The number of nitrogens with one attached hydrogen (secondary N) is 2. The van der Waals surface area contributed by atoms with Crippen LogP contribution in [0.15, 0.2) is 29.3 Å². The SMILES string of the molecule is CN(C)C(=O)CNC(=NCc1ccc(C(=O)N(C)C)cc1)NC1CCCC1.I. The van der Waals surface area contributed by atoms with Crippen molar-refractivity contribution >= 4 is 41.8 Å². The number of carbonyl (C=O) groups is 2. The lowest BCUT2D eigenvalue weighted by Crippen LogP contribution is -2.46. The fourth-order valence-corrected chi connectivity index (χ4v) is 2.91. The average Bonchev–Trinajstić information content (AvgIpc) is 3.16. The predicted molar refractivity (Wildman–Crippen MR) is 123 cm³/mol. The van der Waals surface area contributed by atoms with Gasteiger partial charge in [0.05, 0.1) is 13.1 Å². The van der Waals surface area contributed by atoms with Gasteiger partial charge in [-0.1, -0.05) is 25.0 Å². The van der Waals surface area contributed by atoms with Gasteiger partial charge in [0.25, 0.3) is 5.91 Å². The highest BCUT2D eigenvalue weighted by Gasteiger charge is 2.16. The molecule has 8 heteroatoms. The summed E-state index contributed by atoms with van der Waals surface area (Å²) in [6.45, 7) is 0.691. The van der Waals surface area contributed by atoms with Crippen LogP contribution in [-0.4, -0.2) is 68.4 Å². The zero-order valence-corrected chi connectivity index (χ0v) is 19.5. The summed E-state index contributed by atoms with van der Waals surface area (Å²) in [7, 11) is 6.95. The highest BCUT2D eigenvalue weighted by Crippen LogP contribution is 2.17. The summed E-state index contributed by atoms with van der Waals surface area (Å²) in [5, 5.41) is 6.56. The van der Waals surface area contributed by atoms with Crippen molar-refractivity contribution in [2.24, 2.45) is 4.99 Å². The molecular weight excluding hydrogens is 469 g/mol. The topological polar surface area (TPSA) is 77.0 Å². The summed E-state index contributed by atoms with van der Waals surface area (Å²) in [5.41, 5.74) is 1.67. The Hall–Kier alpha value is -1.84. The van der Waals surface area contributed by atoms with Crippen molar-refractivity contribution in [3.8, 4) is 0 Å². The Bertz CT molecular complexity index is 668. The first-order valence-corrected chi connectivity index (χ1v) is 9.42. The van der Waals surface area contributed by atoms with Gasteiger partial charge >= 0.3 is 0 Å².